The van der Waals surface area contributed by atoms with E-state index >= 15 is 0 Å². The van der Waals surface area contributed by atoms with Crippen LogP contribution in [0.3, 0.4) is 0 Å². The van der Waals surface area contributed by atoms with Gasteiger partial charge in [-0.05, 0) is 66.0 Å². The van der Waals surface area contributed by atoms with Crippen LogP contribution in [0.25, 0.3) is 0 Å². The second-order valence-corrected chi connectivity index (χ2v) is 5.69. The molecule has 0 unspecified atom stereocenters. The van der Waals surface area contributed by atoms with Crippen LogP contribution in [0.2, 0.25) is 0 Å². The van der Waals surface area contributed by atoms with E-state index in [2.05, 4.69) is 28.8 Å². The molecule has 1 fully saturated rings. The fourth-order valence-electron chi connectivity index (χ4n) is 2.48. The lowest BCUT2D eigenvalue weighted by Gasteiger charge is -2.34. The molecule has 0 saturated carbocycles. The zero-order chi connectivity index (χ0) is 13.2. The summed E-state index contributed by atoms with van der Waals surface area (Å²) >= 11 is 0. The van der Waals surface area contributed by atoms with Crippen molar-refractivity contribution in [3.63, 3.8) is 0 Å². The van der Waals surface area contributed by atoms with Gasteiger partial charge in [-0.3, -0.25) is 0 Å². The Labute approximate surface area is 113 Å². The third-order valence-electron chi connectivity index (χ3n) is 3.72. The molecule has 4 nitrogen and oxygen atoms in total. The Bertz CT molecular complexity index is 188. The molecule has 1 heterocycles. The van der Waals surface area contributed by atoms with E-state index in [1.54, 1.807) is 0 Å². The van der Waals surface area contributed by atoms with E-state index in [1.165, 1.54) is 71.5 Å². The van der Waals surface area contributed by atoms with E-state index in [0.29, 0.717) is 0 Å². The molecule has 0 atom stereocenters. The van der Waals surface area contributed by atoms with E-state index in [4.69, 9.17) is 5.73 Å². The van der Waals surface area contributed by atoms with Crippen molar-refractivity contribution in [2.75, 3.05) is 66.5 Å². The molecular weight excluding hydrogens is 224 g/mol. The second-order valence-electron chi connectivity index (χ2n) is 5.69. The van der Waals surface area contributed by atoms with Crippen molar-refractivity contribution in [3.05, 3.63) is 0 Å². The highest BCUT2D eigenvalue weighted by Crippen LogP contribution is 2.05. The van der Waals surface area contributed by atoms with Gasteiger partial charge in [-0.25, -0.2) is 0 Å². The maximum Gasteiger partial charge on any atom is 0.0110 e. The number of unbranched alkanes of at least 4 members (excludes halogenated alkanes) is 2. The van der Waals surface area contributed by atoms with Crippen molar-refractivity contribution in [1.82, 2.24) is 14.7 Å². The summed E-state index contributed by atoms with van der Waals surface area (Å²) < 4.78 is 0. The Morgan fingerprint density at radius 2 is 1.33 bits per heavy atom. The lowest BCUT2D eigenvalue weighted by atomic mass is 10.2. The smallest absolute Gasteiger partial charge is 0.0110 e. The molecule has 0 spiro atoms. The molecule has 1 rings (SSSR count). The monoisotopic (exact) mass is 256 g/mol. The fourth-order valence-corrected chi connectivity index (χ4v) is 2.48. The summed E-state index contributed by atoms with van der Waals surface area (Å²) in [5.41, 5.74) is 5.53. The van der Waals surface area contributed by atoms with Gasteiger partial charge in [-0.1, -0.05) is 0 Å². The summed E-state index contributed by atoms with van der Waals surface area (Å²) in [7, 11) is 4.31. The number of hydrogen-bond donors (Lipinski definition) is 1. The van der Waals surface area contributed by atoms with Crippen molar-refractivity contribution in [1.29, 1.82) is 0 Å². The van der Waals surface area contributed by atoms with Crippen molar-refractivity contribution in [2.24, 2.45) is 5.73 Å². The van der Waals surface area contributed by atoms with Crippen molar-refractivity contribution in [2.45, 2.75) is 25.7 Å². The van der Waals surface area contributed by atoms with Crippen LogP contribution < -0.4 is 5.73 Å². The molecule has 0 radical (unpaired) electrons. The maximum absolute atomic E-state index is 5.53. The Balaban J connectivity index is 1.98. The van der Waals surface area contributed by atoms with Crippen LogP contribution >= 0.6 is 0 Å². The highest BCUT2D eigenvalue weighted by Gasteiger charge is 2.15. The van der Waals surface area contributed by atoms with Crippen LogP contribution in [0.4, 0.5) is 0 Å². The molecule has 4 heteroatoms. The molecule has 0 aromatic rings. The maximum atomic E-state index is 5.53. The molecule has 1 aliphatic heterocycles. The zero-order valence-corrected chi connectivity index (χ0v) is 12.4. The van der Waals surface area contributed by atoms with Gasteiger partial charge < -0.3 is 20.4 Å². The minimum atomic E-state index is 0.839. The number of nitrogens with zero attached hydrogens (tertiary/aromatic N) is 3. The summed E-state index contributed by atoms with van der Waals surface area (Å²) in [5.74, 6) is 0. The van der Waals surface area contributed by atoms with Gasteiger partial charge in [0.2, 0.25) is 0 Å². The lowest BCUT2D eigenvalue weighted by molar-refractivity contribution is 0.129. The molecule has 1 aliphatic rings. The van der Waals surface area contributed by atoms with Gasteiger partial charge in [0.1, 0.15) is 0 Å². The quantitative estimate of drug-likeness (QED) is 0.616. The third kappa shape index (κ3) is 7.31. The van der Waals surface area contributed by atoms with Crippen LogP contribution in [0, 0.1) is 0 Å². The predicted octanol–water partition coefficient (Wildman–Crippen LogP) is 0.685. The van der Waals surface area contributed by atoms with Gasteiger partial charge in [0.05, 0.1) is 0 Å². The van der Waals surface area contributed by atoms with Crippen molar-refractivity contribution < 1.29 is 0 Å². The standard InChI is InChI=1S/C14H32N4/c1-16(2)8-5-6-10-18-13-11-17(12-14-18)9-4-3-7-15/h3-15H2,1-2H3. The van der Waals surface area contributed by atoms with E-state index < -0.39 is 0 Å². The molecule has 0 aromatic carbocycles. The summed E-state index contributed by atoms with van der Waals surface area (Å²) in [5, 5.41) is 0. The van der Waals surface area contributed by atoms with Gasteiger partial charge in [0.25, 0.3) is 0 Å². The molecule has 18 heavy (non-hydrogen) atoms. The first kappa shape index (κ1) is 15.9. The average molecular weight is 256 g/mol. The summed E-state index contributed by atoms with van der Waals surface area (Å²) in [4.78, 5) is 7.48. The van der Waals surface area contributed by atoms with Crippen molar-refractivity contribution in [3.8, 4) is 0 Å². The highest BCUT2D eigenvalue weighted by atomic mass is 15.3. The summed E-state index contributed by atoms with van der Waals surface area (Å²) in [6.07, 6.45) is 5.10. The van der Waals surface area contributed by atoms with Crippen LogP contribution in [-0.2, 0) is 0 Å². The van der Waals surface area contributed by atoms with Gasteiger partial charge in [-0.2, -0.15) is 0 Å². The average Bonchev–Trinajstić information content (AvgIpc) is 2.36. The molecule has 1 saturated heterocycles. The van der Waals surface area contributed by atoms with E-state index in [0.717, 1.165) is 6.54 Å². The molecule has 2 N–H and O–H groups in total. The second kappa shape index (κ2) is 9.73. The largest absolute Gasteiger partial charge is 0.330 e. The Morgan fingerprint density at radius 1 is 0.833 bits per heavy atom. The number of hydrogen-bond acceptors (Lipinski definition) is 4. The highest BCUT2D eigenvalue weighted by molar-refractivity contribution is 4.71. The predicted molar refractivity (Wildman–Crippen MR) is 79.0 cm³/mol. The van der Waals surface area contributed by atoms with Crippen molar-refractivity contribution >= 4 is 0 Å². The van der Waals surface area contributed by atoms with Gasteiger partial charge in [0.15, 0.2) is 0 Å². The van der Waals surface area contributed by atoms with Crippen LogP contribution in [0.15, 0.2) is 0 Å². The first-order valence-corrected chi connectivity index (χ1v) is 7.52. The SMILES string of the molecule is CN(C)CCCCN1CCN(CCCCN)CC1. The molecular formula is C14H32N4. The first-order chi connectivity index (χ1) is 8.72. The molecule has 108 valence electrons. The molecule has 0 amide bonds. The molecule has 0 aliphatic carbocycles. The summed E-state index contributed by atoms with van der Waals surface area (Å²) in [6, 6.07) is 0. The third-order valence-corrected chi connectivity index (χ3v) is 3.72. The van der Waals surface area contributed by atoms with Gasteiger partial charge in [-0.15, -0.1) is 0 Å². The van der Waals surface area contributed by atoms with Gasteiger partial charge >= 0.3 is 0 Å². The summed E-state index contributed by atoms with van der Waals surface area (Å²) in [6.45, 7) is 9.59. The first-order valence-electron chi connectivity index (χ1n) is 7.52. The molecule has 0 aromatic heterocycles. The van der Waals surface area contributed by atoms with E-state index in [9.17, 15) is 0 Å². The molecule has 0 bridgehead atoms. The number of nitrogens with two attached hydrogens (primary N) is 1. The minimum Gasteiger partial charge on any atom is -0.330 e. The zero-order valence-electron chi connectivity index (χ0n) is 12.4. The van der Waals surface area contributed by atoms with E-state index in [1.807, 2.05) is 0 Å². The fraction of sp³-hybridized carbons (Fsp3) is 1.00. The van der Waals surface area contributed by atoms with Gasteiger partial charge in [0, 0.05) is 26.2 Å². The Kier molecular flexibility index (Phi) is 8.59. The minimum absolute atomic E-state index is 0.839. The van der Waals surface area contributed by atoms with Crippen LogP contribution in [0.5, 0.6) is 0 Å². The normalized spacial score (nSPS) is 18.7. The Morgan fingerprint density at radius 3 is 1.78 bits per heavy atom. The van der Waals surface area contributed by atoms with Crippen LogP contribution in [0.1, 0.15) is 25.7 Å². The van der Waals surface area contributed by atoms with E-state index in [-0.39, 0.29) is 0 Å². The van der Waals surface area contributed by atoms with Crippen LogP contribution in [-0.4, -0.2) is 81.2 Å². The number of rotatable bonds is 9. The topological polar surface area (TPSA) is 35.7 Å². The Hall–Kier alpha value is -0.160. The lowest BCUT2D eigenvalue weighted by Crippen LogP contribution is -2.46. The number of piperazine rings is 1.